The molecule has 0 saturated heterocycles. The van der Waals surface area contributed by atoms with Crippen molar-refractivity contribution in [3.05, 3.63) is 180 Å². The monoisotopic (exact) mass is 1160 g/mol. The van der Waals surface area contributed by atoms with Crippen LogP contribution >= 0.6 is 11.3 Å². The number of pyridine rings is 1. The largest absolute Gasteiger partial charge is 0 e. The molecule has 3 aromatic heterocycles. The van der Waals surface area contributed by atoms with E-state index in [1.54, 1.807) is 12.1 Å². The molecule has 6 heteroatoms. The van der Waals surface area contributed by atoms with Gasteiger partial charge in [0.15, 0.2) is 0 Å². The molecular weight excluding hydrogens is 1100 g/mol. The normalized spacial score (nSPS) is 13.7. The van der Waals surface area contributed by atoms with Gasteiger partial charge in [-0.3, -0.25) is 4.98 Å². The summed E-state index contributed by atoms with van der Waals surface area (Å²) in [6, 6.07) is 55.3. The van der Waals surface area contributed by atoms with Gasteiger partial charge in [0.1, 0.15) is 0 Å². The Morgan fingerprint density at radius 1 is 0.739 bits per heavy atom. The average Bonchev–Trinajstić information content (AvgIpc) is 3.94. The number of benzene rings is 8. The van der Waals surface area contributed by atoms with Crippen molar-refractivity contribution in [3.8, 4) is 28.3 Å². The molecule has 0 N–H and O–H groups in total. The third-order valence-corrected chi connectivity index (χ3v) is 18.3. The van der Waals surface area contributed by atoms with Crippen LogP contribution in [0.3, 0.4) is 0 Å². The molecule has 11 rings (SSSR count). The van der Waals surface area contributed by atoms with E-state index in [1.807, 2.05) is 44.4 Å². The van der Waals surface area contributed by atoms with Crippen LogP contribution in [0.4, 0.5) is 0 Å². The van der Waals surface area contributed by atoms with Gasteiger partial charge in [0.2, 0.25) is 0 Å². The first-order valence-corrected chi connectivity index (χ1v) is 32.0. The summed E-state index contributed by atoms with van der Waals surface area (Å²) >= 11 is -0.500. The Bertz CT molecular complexity index is 3920. The van der Waals surface area contributed by atoms with Gasteiger partial charge in [0, 0.05) is 30.5 Å². The molecule has 69 heavy (non-hydrogen) atoms. The van der Waals surface area contributed by atoms with Gasteiger partial charge >= 0.3 is 145 Å². The molecule has 0 aliphatic carbocycles. The molecule has 1 radical (unpaired) electrons. The van der Waals surface area contributed by atoms with E-state index in [1.165, 1.54) is 75.4 Å². The standard InChI is InChI=1S/C43H33N2S.C20H28GeN.Ir/c1-25(2)35-24-28-13-6-8-15-30(28)39(26(3)4)41(35)45-37-19-10-9-18-36(37)44-43(45)34-17-11-16-33-40-32-21-20-27-12-5-7-14-29(27)31(32)22-23-38(40)46-42(33)34;1-15-8-10-16(11-9-15)19-12-17(13-20(2,3)4)18(14-22-19)21(5,6)7;/h5-16,18-26H,1-4H3;8-10,12,14H,13H2,1-7H3;/q2*-1;/i;1D3,13D2;. The van der Waals surface area contributed by atoms with Gasteiger partial charge in [-0.1, -0.05) is 118 Å². The number of imidazole rings is 1. The molecule has 0 aliphatic heterocycles. The Balaban J connectivity index is 0.000000207. The van der Waals surface area contributed by atoms with E-state index in [2.05, 4.69) is 182 Å². The number of fused-ring (bicyclic) bond motifs is 9. The van der Waals surface area contributed by atoms with E-state index in [-0.39, 0.29) is 25.7 Å². The number of hydrogen-bond donors (Lipinski definition) is 0. The molecule has 0 bridgehead atoms. The van der Waals surface area contributed by atoms with Gasteiger partial charge in [0.05, 0.1) is 16.9 Å². The van der Waals surface area contributed by atoms with Gasteiger partial charge in [-0.2, -0.15) is 11.3 Å². The van der Waals surface area contributed by atoms with Crippen LogP contribution in [0.1, 0.15) is 89.4 Å². The minimum atomic E-state index is -2.36. The first-order chi connectivity index (χ1) is 34.5. The van der Waals surface area contributed by atoms with Crippen LogP contribution in [0.2, 0.25) is 17.3 Å². The van der Waals surface area contributed by atoms with Crippen LogP contribution < -0.4 is 4.40 Å². The summed E-state index contributed by atoms with van der Waals surface area (Å²) in [4.78, 5) is 9.97. The van der Waals surface area contributed by atoms with E-state index in [9.17, 15) is 0 Å². The summed E-state index contributed by atoms with van der Waals surface area (Å²) in [6.45, 7) is 12.8. The van der Waals surface area contributed by atoms with Crippen LogP contribution in [-0.2, 0) is 26.5 Å². The van der Waals surface area contributed by atoms with Crippen LogP contribution in [-0.4, -0.2) is 27.8 Å². The number of rotatable bonds is 7. The zero-order chi connectivity index (χ0) is 51.9. The Kier molecular flexibility index (Phi) is 11.7. The van der Waals surface area contributed by atoms with Crippen molar-refractivity contribution in [1.29, 1.82) is 0 Å². The quantitative estimate of drug-likeness (QED) is 0.0904. The maximum Gasteiger partial charge on any atom is 0 e. The molecule has 0 aliphatic rings. The Hall–Kier alpha value is -5.43. The fourth-order valence-electron chi connectivity index (χ4n) is 9.87. The van der Waals surface area contributed by atoms with E-state index < -0.39 is 31.9 Å². The zero-order valence-corrected chi connectivity index (χ0v) is 46.4. The molecule has 349 valence electrons. The predicted octanol–water partition coefficient (Wildman–Crippen LogP) is 17.6. The van der Waals surface area contributed by atoms with E-state index in [4.69, 9.17) is 11.8 Å². The smallest absolute Gasteiger partial charge is 0 e. The van der Waals surface area contributed by atoms with Gasteiger partial charge < -0.3 is 4.57 Å². The first kappa shape index (κ1) is 42.5. The number of aromatic nitrogens is 3. The topological polar surface area (TPSA) is 30.7 Å². The van der Waals surface area contributed by atoms with Crippen molar-refractivity contribution in [2.45, 2.75) is 90.8 Å². The van der Waals surface area contributed by atoms with Crippen LogP contribution in [0, 0.1) is 24.4 Å². The zero-order valence-electron chi connectivity index (χ0n) is 46.1. The minimum absolute atomic E-state index is 0. The molecule has 3 heterocycles. The number of para-hydroxylation sites is 2. The number of aryl methyl sites for hydroxylation is 1. The second-order valence-corrected chi connectivity index (χ2v) is 32.4. The fourth-order valence-corrected chi connectivity index (χ4v) is 14.0. The van der Waals surface area contributed by atoms with Crippen molar-refractivity contribution in [2.75, 3.05) is 0 Å². The molecule has 0 amide bonds. The number of nitrogens with zero attached hydrogens (tertiary/aromatic N) is 3. The van der Waals surface area contributed by atoms with E-state index >= 15 is 0 Å². The Morgan fingerprint density at radius 2 is 1.46 bits per heavy atom. The van der Waals surface area contributed by atoms with Crippen molar-refractivity contribution < 1.29 is 27.0 Å². The summed E-state index contributed by atoms with van der Waals surface area (Å²) < 4.78 is 46.1. The Labute approximate surface area is 435 Å². The van der Waals surface area contributed by atoms with E-state index in [0.717, 1.165) is 26.8 Å². The third-order valence-electron chi connectivity index (χ3n) is 12.9. The minimum Gasteiger partial charge on any atom is 0 e. The summed E-state index contributed by atoms with van der Waals surface area (Å²) in [6.07, 6.45) is 0.303. The van der Waals surface area contributed by atoms with E-state index in [0.29, 0.717) is 28.7 Å². The molecule has 0 spiro atoms. The van der Waals surface area contributed by atoms with Gasteiger partial charge in [0.25, 0.3) is 0 Å². The second-order valence-electron chi connectivity index (χ2n) is 20.8. The Morgan fingerprint density at radius 3 is 2.17 bits per heavy atom. The molecule has 0 saturated carbocycles. The van der Waals surface area contributed by atoms with Crippen molar-refractivity contribution in [3.63, 3.8) is 0 Å². The van der Waals surface area contributed by atoms with Gasteiger partial charge in [-0.25, -0.2) is 0 Å². The summed E-state index contributed by atoms with van der Waals surface area (Å²) in [7, 11) is 0. The predicted molar refractivity (Wildman–Crippen MR) is 298 cm³/mol. The number of thiophene rings is 1. The molecule has 0 atom stereocenters. The molecule has 8 aromatic carbocycles. The SMILES string of the molecule is CC(C)c1cc2ccccc2c(C(C)C)c1-n1c(-c2[c-]ccc3c2sc2ccc4c5ccccc5ccc4c23)nc2ccccc21.[2H]C([2H])([2H])c1c[c-]c(-c2cc(C([2H])([2H])C(C)(C)C)[c]([Ge]([CH3])([CH3])[CH3])cn2)cc1.[Ir]. The average molecular weight is 1160 g/mol. The van der Waals surface area contributed by atoms with Crippen LogP contribution in [0.15, 0.2) is 146 Å². The summed E-state index contributed by atoms with van der Waals surface area (Å²) in [5.41, 5.74) is 8.80. The summed E-state index contributed by atoms with van der Waals surface area (Å²) in [5, 5.41) is 10.3. The number of hydrogen-bond acceptors (Lipinski definition) is 3. The van der Waals surface area contributed by atoms with Crippen molar-refractivity contribution in [1.82, 2.24) is 14.5 Å². The maximum absolute atomic E-state index is 8.80. The third kappa shape index (κ3) is 9.25. The van der Waals surface area contributed by atoms with Gasteiger partial charge in [-0.05, 0) is 89.6 Å². The second kappa shape index (κ2) is 19.1. The van der Waals surface area contributed by atoms with Crippen LogP contribution in [0.5, 0.6) is 0 Å². The molecule has 0 unspecified atom stereocenters. The first-order valence-electron chi connectivity index (χ1n) is 26.3. The van der Waals surface area contributed by atoms with Crippen molar-refractivity contribution in [2.24, 2.45) is 5.41 Å². The molecule has 0 fully saturated rings. The molecule has 3 nitrogen and oxygen atoms in total. The van der Waals surface area contributed by atoms with Gasteiger partial charge in [-0.15, -0.1) is 18.2 Å². The van der Waals surface area contributed by atoms with Crippen LogP contribution in [0.25, 0.3) is 91.9 Å². The molecular formula is C63H61GeIrN3S-2. The fraction of sp³-hybridized carbons (Fsp3) is 0.238. The van der Waals surface area contributed by atoms with Crippen molar-refractivity contribution >= 4 is 92.5 Å². The summed E-state index contributed by atoms with van der Waals surface area (Å²) in [5.74, 6) is 8.30. The maximum atomic E-state index is 8.80. The molecule has 11 aromatic rings.